The van der Waals surface area contributed by atoms with Crippen molar-refractivity contribution in [2.24, 2.45) is 5.92 Å². The van der Waals surface area contributed by atoms with E-state index < -0.39 is 5.54 Å². The Hall–Kier alpha value is -1.00. The number of nitrogens with one attached hydrogen (secondary N) is 1. The lowest BCUT2D eigenvalue weighted by Crippen LogP contribution is -2.55. The smallest absolute Gasteiger partial charge is 0.326 e. The number of hydrogen-bond donors (Lipinski definition) is 1. The first kappa shape index (κ1) is 16.4. The molecule has 0 aliphatic heterocycles. The van der Waals surface area contributed by atoms with Gasteiger partial charge in [-0.05, 0) is 49.6 Å². The van der Waals surface area contributed by atoms with Crippen LogP contribution in [0, 0.1) is 5.92 Å². The van der Waals surface area contributed by atoms with Crippen LogP contribution in [0.4, 0.5) is 0 Å². The third-order valence-electron chi connectivity index (χ3n) is 4.34. The Bertz CT molecular complexity index is 451. The van der Waals surface area contributed by atoms with Crippen LogP contribution in [0.15, 0.2) is 35.2 Å². The molecule has 0 spiro atoms. The second-order valence-electron chi connectivity index (χ2n) is 5.53. The molecule has 0 heterocycles. The Morgan fingerprint density at radius 3 is 2.86 bits per heavy atom. The van der Waals surface area contributed by atoms with E-state index in [1.807, 2.05) is 17.8 Å². The highest BCUT2D eigenvalue weighted by atomic mass is 32.2. The summed E-state index contributed by atoms with van der Waals surface area (Å²) in [5, 5.41) is 3.42. The van der Waals surface area contributed by atoms with E-state index in [4.69, 9.17) is 4.74 Å². The fraction of sp³-hybridized carbons (Fsp3) is 0.588. The number of hydrogen-bond acceptors (Lipinski definition) is 4. The molecule has 1 N–H and O–H groups in total. The first-order valence-corrected chi connectivity index (χ1v) is 8.72. The third-order valence-corrected chi connectivity index (χ3v) is 5.39. The van der Waals surface area contributed by atoms with Gasteiger partial charge < -0.3 is 10.1 Å². The average Bonchev–Trinajstić information content (AvgIpc) is 2.92. The van der Waals surface area contributed by atoms with Gasteiger partial charge in [-0.3, -0.25) is 4.79 Å². The second-order valence-corrected chi connectivity index (χ2v) is 6.70. The van der Waals surface area contributed by atoms with Gasteiger partial charge in [0.25, 0.3) is 0 Å². The van der Waals surface area contributed by atoms with Gasteiger partial charge in [0.15, 0.2) is 0 Å². The molecule has 1 aliphatic carbocycles. The van der Waals surface area contributed by atoms with Gasteiger partial charge in [0, 0.05) is 4.90 Å². The van der Waals surface area contributed by atoms with Crippen molar-refractivity contribution in [1.82, 2.24) is 5.32 Å². The van der Waals surface area contributed by atoms with E-state index in [2.05, 4.69) is 36.5 Å². The summed E-state index contributed by atoms with van der Waals surface area (Å²) in [6.45, 7) is 2.86. The predicted molar refractivity (Wildman–Crippen MR) is 87.5 cm³/mol. The number of carbonyl (C=O) groups is 1. The zero-order chi connectivity index (χ0) is 15.1. The van der Waals surface area contributed by atoms with Crippen LogP contribution in [0.3, 0.4) is 0 Å². The number of methoxy groups -OCH3 is 1. The molecule has 0 radical (unpaired) electrons. The minimum absolute atomic E-state index is 0.0865. The van der Waals surface area contributed by atoms with Crippen molar-refractivity contribution in [3.8, 4) is 0 Å². The molecule has 1 aromatic rings. The maximum Gasteiger partial charge on any atom is 0.326 e. The van der Waals surface area contributed by atoms with Crippen LogP contribution in [0.25, 0.3) is 0 Å². The van der Waals surface area contributed by atoms with Crippen molar-refractivity contribution < 1.29 is 9.53 Å². The van der Waals surface area contributed by atoms with E-state index in [1.165, 1.54) is 12.0 Å². The molecule has 1 saturated carbocycles. The quantitative estimate of drug-likeness (QED) is 0.618. The average molecular weight is 307 g/mol. The molecule has 2 rings (SSSR count). The van der Waals surface area contributed by atoms with Crippen LogP contribution >= 0.6 is 11.8 Å². The predicted octanol–water partition coefficient (Wildman–Crippen LogP) is 3.49. The van der Waals surface area contributed by atoms with E-state index in [1.54, 1.807) is 0 Å². The van der Waals surface area contributed by atoms with Crippen LogP contribution in [-0.2, 0) is 9.53 Å². The van der Waals surface area contributed by atoms with E-state index in [-0.39, 0.29) is 5.97 Å². The summed E-state index contributed by atoms with van der Waals surface area (Å²) in [5.74, 6) is 1.33. The summed E-state index contributed by atoms with van der Waals surface area (Å²) in [6.07, 6.45) is 4.15. The normalized spacial score (nSPS) is 25.0. The van der Waals surface area contributed by atoms with Gasteiger partial charge in [-0.15, -0.1) is 11.8 Å². The van der Waals surface area contributed by atoms with E-state index >= 15 is 0 Å². The summed E-state index contributed by atoms with van der Waals surface area (Å²) in [5.41, 5.74) is -0.458. The van der Waals surface area contributed by atoms with E-state index in [0.29, 0.717) is 5.92 Å². The van der Waals surface area contributed by atoms with Crippen molar-refractivity contribution in [3.05, 3.63) is 30.3 Å². The first-order chi connectivity index (χ1) is 10.2. The van der Waals surface area contributed by atoms with Gasteiger partial charge in [-0.25, -0.2) is 0 Å². The molecule has 0 amide bonds. The van der Waals surface area contributed by atoms with Crippen molar-refractivity contribution >= 4 is 17.7 Å². The molecule has 3 nitrogen and oxygen atoms in total. The number of benzene rings is 1. The molecule has 0 aromatic heterocycles. The van der Waals surface area contributed by atoms with Gasteiger partial charge in [-0.2, -0.15) is 0 Å². The molecule has 0 bridgehead atoms. The van der Waals surface area contributed by atoms with Gasteiger partial charge in [0.05, 0.1) is 7.11 Å². The Morgan fingerprint density at radius 2 is 2.19 bits per heavy atom. The topological polar surface area (TPSA) is 38.3 Å². The Labute approximate surface area is 131 Å². The maximum atomic E-state index is 12.3. The fourth-order valence-electron chi connectivity index (χ4n) is 3.38. The monoisotopic (exact) mass is 307 g/mol. The Balaban J connectivity index is 1.95. The van der Waals surface area contributed by atoms with Gasteiger partial charge >= 0.3 is 5.97 Å². The second kappa shape index (κ2) is 7.85. The number of rotatable bonds is 7. The molecular weight excluding hydrogens is 282 g/mol. The standard InChI is InChI=1S/C17H25NO2S/c1-3-18-17(16(19)20-2)12-7-8-14(17)11-13-21-15-9-5-4-6-10-15/h4-6,9-10,14,18H,3,7-8,11-13H2,1-2H3. The number of ether oxygens (including phenoxy) is 1. The van der Waals surface area contributed by atoms with Crippen molar-refractivity contribution in [2.45, 2.75) is 43.0 Å². The molecule has 116 valence electrons. The van der Waals surface area contributed by atoms with Gasteiger partial charge in [-0.1, -0.05) is 31.5 Å². The zero-order valence-corrected chi connectivity index (χ0v) is 13.7. The summed E-state index contributed by atoms with van der Waals surface area (Å²) in [7, 11) is 1.50. The van der Waals surface area contributed by atoms with Crippen molar-refractivity contribution in [1.29, 1.82) is 0 Å². The lowest BCUT2D eigenvalue weighted by molar-refractivity contribution is -0.150. The van der Waals surface area contributed by atoms with E-state index in [0.717, 1.165) is 38.0 Å². The lowest BCUT2D eigenvalue weighted by Gasteiger charge is -2.33. The highest BCUT2D eigenvalue weighted by Gasteiger charge is 2.48. The lowest BCUT2D eigenvalue weighted by atomic mass is 9.85. The minimum Gasteiger partial charge on any atom is -0.468 e. The van der Waals surface area contributed by atoms with Crippen LogP contribution in [0.2, 0.25) is 0 Å². The Morgan fingerprint density at radius 1 is 1.43 bits per heavy atom. The number of esters is 1. The highest BCUT2D eigenvalue weighted by molar-refractivity contribution is 7.99. The van der Waals surface area contributed by atoms with E-state index in [9.17, 15) is 4.79 Å². The van der Waals surface area contributed by atoms with Crippen molar-refractivity contribution in [2.75, 3.05) is 19.4 Å². The number of carbonyl (C=O) groups excluding carboxylic acids is 1. The SMILES string of the molecule is CCNC1(C(=O)OC)CCCC1CCSc1ccccc1. The summed E-state index contributed by atoms with van der Waals surface area (Å²) in [4.78, 5) is 13.6. The molecule has 2 atom stereocenters. The Kier molecular flexibility index (Phi) is 6.12. The summed E-state index contributed by atoms with van der Waals surface area (Å²) < 4.78 is 5.08. The van der Waals surface area contributed by atoms with Crippen LogP contribution in [-0.4, -0.2) is 30.9 Å². The number of thioether (sulfide) groups is 1. The molecule has 2 unspecified atom stereocenters. The first-order valence-electron chi connectivity index (χ1n) is 7.74. The van der Waals surface area contributed by atoms with Crippen LogP contribution in [0.5, 0.6) is 0 Å². The minimum atomic E-state index is -0.458. The molecule has 1 fully saturated rings. The molecular formula is C17H25NO2S. The summed E-state index contributed by atoms with van der Waals surface area (Å²) >= 11 is 1.87. The van der Waals surface area contributed by atoms with Crippen LogP contribution < -0.4 is 5.32 Å². The maximum absolute atomic E-state index is 12.3. The molecule has 1 aliphatic rings. The summed E-state index contributed by atoms with van der Waals surface area (Å²) in [6, 6.07) is 10.4. The van der Waals surface area contributed by atoms with Gasteiger partial charge in [0.2, 0.25) is 0 Å². The van der Waals surface area contributed by atoms with Gasteiger partial charge in [0.1, 0.15) is 5.54 Å². The van der Waals surface area contributed by atoms with Crippen molar-refractivity contribution in [3.63, 3.8) is 0 Å². The highest BCUT2D eigenvalue weighted by Crippen LogP contribution is 2.40. The molecule has 0 saturated heterocycles. The molecule has 1 aromatic carbocycles. The van der Waals surface area contributed by atoms with Crippen LogP contribution in [0.1, 0.15) is 32.6 Å². The molecule has 21 heavy (non-hydrogen) atoms. The number of likely N-dealkylation sites (N-methyl/N-ethyl adjacent to an activating group) is 1. The largest absolute Gasteiger partial charge is 0.468 e. The zero-order valence-electron chi connectivity index (χ0n) is 12.9. The third kappa shape index (κ3) is 3.80. The molecule has 4 heteroatoms. The fourth-order valence-corrected chi connectivity index (χ4v) is 4.36.